The van der Waals surface area contributed by atoms with E-state index in [-0.39, 0.29) is 6.04 Å². The molecule has 1 atom stereocenters. The van der Waals surface area contributed by atoms with Gasteiger partial charge in [0.15, 0.2) is 0 Å². The van der Waals surface area contributed by atoms with Crippen LogP contribution in [0.1, 0.15) is 31.0 Å². The molecule has 0 bridgehead atoms. The van der Waals surface area contributed by atoms with Crippen LogP contribution in [0.25, 0.3) is 0 Å². The second-order valence-electron chi connectivity index (χ2n) is 5.39. The van der Waals surface area contributed by atoms with E-state index >= 15 is 0 Å². The molecule has 112 valence electrons. The van der Waals surface area contributed by atoms with Crippen LogP contribution in [-0.4, -0.2) is 0 Å². The fraction of sp³-hybridized carbons (Fsp3) is 0.294. The summed E-state index contributed by atoms with van der Waals surface area (Å²) < 4.78 is 0. The molecule has 0 aliphatic rings. The van der Waals surface area contributed by atoms with Gasteiger partial charge in [-0.2, -0.15) is 0 Å². The van der Waals surface area contributed by atoms with Gasteiger partial charge in [-0.25, -0.2) is 0 Å². The van der Waals surface area contributed by atoms with Gasteiger partial charge < -0.3 is 5.32 Å². The molecule has 0 amide bonds. The summed E-state index contributed by atoms with van der Waals surface area (Å²) in [5.74, 6) is 0.456. The monoisotopic (exact) mass is 341 g/mol. The molecule has 0 spiro atoms. The average Bonchev–Trinajstić information content (AvgIpc) is 2.42. The van der Waals surface area contributed by atoms with Crippen LogP contribution in [0.3, 0.4) is 0 Å². The van der Waals surface area contributed by atoms with Crippen molar-refractivity contribution in [2.24, 2.45) is 5.92 Å². The number of hydrogen-bond acceptors (Lipinski definition) is 1. The van der Waals surface area contributed by atoms with Gasteiger partial charge in [0, 0.05) is 27.7 Å². The predicted molar refractivity (Wildman–Crippen MR) is 92.3 cm³/mol. The van der Waals surface area contributed by atoms with E-state index in [0.717, 1.165) is 10.6 Å². The summed E-state index contributed by atoms with van der Waals surface area (Å²) in [5, 5.41) is 5.66. The maximum absolute atomic E-state index is 6.22. The first kappa shape index (κ1) is 16.6. The smallest absolute Gasteiger partial charge is 0.0465 e. The van der Waals surface area contributed by atoms with Gasteiger partial charge in [-0.3, -0.25) is 0 Å². The Bertz CT molecular complexity index is 593. The van der Waals surface area contributed by atoms with Crippen LogP contribution in [0.4, 0.5) is 0 Å². The molecule has 1 N–H and O–H groups in total. The first-order valence-electron chi connectivity index (χ1n) is 6.90. The molecule has 1 nitrogen and oxygen atoms in total. The zero-order chi connectivity index (χ0) is 15.4. The Hall–Kier alpha value is -0.730. The summed E-state index contributed by atoms with van der Waals surface area (Å²) in [6.45, 7) is 5.08. The number of rotatable bonds is 5. The number of nitrogens with one attached hydrogen (secondary N) is 1. The largest absolute Gasteiger partial charge is 0.306 e. The summed E-state index contributed by atoms with van der Waals surface area (Å²) in [7, 11) is 0. The van der Waals surface area contributed by atoms with Crippen molar-refractivity contribution in [2.45, 2.75) is 26.4 Å². The van der Waals surface area contributed by atoms with Gasteiger partial charge in [0.05, 0.1) is 0 Å². The van der Waals surface area contributed by atoms with E-state index in [4.69, 9.17) is 34.8 Å². The SMILES string of the molecule is CC(C)C(NCc1ccc(Cl)cc1Cl)c1ccc(Cl)cc1. The standard InChI is InChI=1S/C17H18Cl3N/c1-11(2)17(12-3-6-14(18)7-4-12)21-10-13-5-8-15(19)9-16(13)20/h3-9,11,17,21H,10H2,1-2H3. The van der Waals surface area contributed by atoms with Crippen molar-refractivity contribution >= 4 is 34.8 Å². The fourth-order valence-corrected chi connectivity index (χ4v) is 2.89. The van der Waals surface area contributed by atoms with Crippen molar-refractivity contribution in [1.29, 1.82) is 0 Å². The van der Waals surface area contributed by atoms with Crippen molar-refractivity contribution in [1.82, 2.24) is 5.32 Å². The molecular weight excluding hydrogens is 325 g/mol. The average molecular weight is 343 g/mol. The Morgan fingerprint density at radius 3 is 2.10 bits per heavy atom. The Kier molecular flexibility index (Phi) is 5.95. The second kappa shape index (κ2) is 7.51. The lowest BCUT2D eigenvalue weighted by Gasteiger charge is -2.23. The van der Waals surface area contributed by atoms with E-state index in [1.807, 2.05) is 24.3 Å². The lowest BCUT2D eigenvalue weighted by Crippen LogP contribution is -2.25. The Morgan fingerprint density at radius 2 is 1.52 bits per heavy atom. The summed E-state index contributed by atoms with van der Waals surface area (Å²) >= 11 is 18.1. The van der Waals surface area contributed by atoms with E-state index in [1.54, 1.807) is 6.07 Å². The van der Waals surface area contributed by atoms with Crippen molar-refractivity contribution in [3.05, 3.63) is 68.7 Å². The van der Waals surface area contributed by atoms with E-state index in [0.29, 0.717) is 22.5 Å². The van der Waals surface area contributed by atoms with Crippen LogP contribution < -0.4 is 5.32 Å². The van der Waals surface area contributed by atoms with Crippen LogP contribution in [0.2, 0.25) is 15.1 Å². The topological polar surface area (TPSA) is 12.0 Å². The molecule has 0 radical (unpaired) electrons. The lowest BCUT2D eigenvalue weighted by molar-refractivity contribution is 0.410. The molecule has 0 aliphatic carbocycles. The van der Waals surface area contributed by atoms with Crippen molar-refractivity contribution < 1.29 is 0 Å². The van der Waals surface area contributed by atoms with Gasteiger partial charge in [-0.15, -0.1) is 0 Å². The van der Waals surface area contributed by atoms with Gasteiger partial charge in [-0.05, 0) is 41.3 Å². The number of benzene rings is 2. The molecule has 1 unspecified atom stereocenters. The fourth-order valence-electron chi connectivity index (χ4n) is 2.29. The summed E-state index contributed by atoms with van der Waals surface area (Å²) in [6.07, 6.45) is 0. The van der Waals surface area contributed by atoms with E-state index in [9.17, 15) is 0 Å². The highest BCUT2D eigenvalue weighted by Gasteiger charge is 2.15. The molecule has 4 heteroatoms. The summed E-state index contributed by atoms with van der Waals surface area (Å²) in [4.78, 5) is 0. The third kappa shape index (κ3) is 4.62. The molecule has 0 aromatic heterocycles. The minimum atomic E-state index is 0.244. The lowest BCUT2D eigenvalue weighted by atomic mass is 9.96. The molecule has 0 fully saturated rings. The van der Waals surface area contributed by atoms with Gasteiger partial charge in [0.2, 0.25) is 0 Å². The van der Waals surface area contributed by atoms with Crippen molar-refractivity contribution in [3.8, 4) is 0 Å². The summed E-state index contributed by atoms with van der Waals surface area (Å²) in [5.41, 5.74) is 2.26. The molecule has 2 aromatic carbocycles. The predicted octanol–water partition coefficient (Wildman–Crippen LogP) is 6.13. The Labute approximate surface area is 141 Å². The van der Waals surface area contributed by atoms with Crippen LogP contribution in [0, 0.1) is 5.92 Å². The molecule has 2 aromatic rings. The van der Waals surface area contributed by atoms with Crippen LogP contribution in [0.5, 0.6) is 0 Å². The van der Waals surface area contributed by atoms with E-state index in [2.05, 4.69) is 31.3 Å². The number of halogens is 3. The van der Waals surface area contributed by atoms with E-state index < -0.39 is 0 Å². The molecule has 0 aliphatic heterocycles. The molecule has 21 heavy (non-hydrogen) atoms. The van der Waals surface area contributed by atoms with Crippen LogP contribution >= 0.6 is 34.8 Å². The summed E-state index contributed by atoms with van der Waals surface area (Å²) in [6, 6.07) is 13.8. The van der Waals surface area contributed by atoms with Crippen LogP contribution in [-0.2, 0) is 6.54 Å². The van der Waals surface area contributed by atoms with Gasteiger partial charge in [0.1, 0.15) is 0 Å². The van der Waals surface area contributed by atoms with Crippen LogP contribution in [0.15, 0.2) is 42.5 Å². The first-order valence-corrected chi connectivity index (χ1v) is 8.03. The highest BCUT2D eigenvalue weighted by atomic mass is 35.5. The maximum atomic E-state index is 6.22. The number of hydrogen-bond donors (Lipinski definition) is 1. The zero-order valence-electron chi connectivity index (χ0n) is 12.0. The van der Waals surface area contributed by atoms with Gasteiger partial charge in [0.25, 0.3) is 0 Å². The minimum absolute atomic E-state index is 0.244. The highest BCUT2D eigenvalue weighted by Crippen LogP contribution is 2.26. The van der Waals surface area contributed by atoms with E-state index in [1.165, 1.54) is 5.56 Å². The Morgan fingerprint density at radius 1 is 0.905 bits per heavy atom. The van der Waals surface area contributed by atoms with Gasteiger partial charge >= 0.3 is 0 Å². The maximum Gasteiger partial charge on any atom is 0.0465 e. The molecule has 0 saturated heterocycles. The third-order valence-electron chi connectivity index (χ3n) is 3.42. The third-order valence-corrected chi connectivity index (χ3v) is 4.26. The van der Waals surface area contributed by atoms with Crippen molar-refractivity contribution in [2.75, 3.05) is 0 Å². The second-order valence-corrected chi connectivity index (χ2v) is 6.67. The molecule has 2 rings (SSSR count). The normalized spacial score (nSPS) is 12.7. The highest BCUT2D eigenvalue weighted by molar-refractivity contribution is 6.35. The first-order chi connectivity index (χ1) is 9.97. The Balaban J connectivity index is 2.12. The molecule has 0 saturated carbocycles. The van der Waals surface area contributed by atoms with Gasteiger partial charge in [-0.1, -0.05) is 66.8 Å². The zero-order valence-corrected chi connectivity index (χ0v) is 14.3. The quantitative estimate of drug-likeness (QED) is 0.688. The minimum Gasteiger partial charge on any atom is -0.306 e. The molecular formula is C17H18Cl3N. The molecule has 0 heterocycles. The van der Waals surface area contributed by atoms with Crippen molar-refractivity contribution in [3.63, 3.8) is 0 Å².